The lowest BCUT2D eigenvalue weighted by atomic mass is 9.82. The summed E-state index contributed by atoms with van der Waals surface area (Å²) in [5.41, 5.74) is 23.3. The van der Waals surface area contributed by atoms with Crippen LogP contribution in [0.15, 0.2) is 291 Å². The second-order valence-electron chi connectivity index (χ2n) is 22.3. The minimum absolute atomic E-state index is 0.115. The number of pyridine rings is 2. The molecule has 82 heavy (non-hydrogen) atoms. The smallest absolute Gasteiger partial charge is 0.137 e. The van der Waals surface area contributed by atoms with Gasteiger partial charge in [-0.2, -0.15) is 0 Å². The van der Waals surface area contributed by atoms with Crippen LogP contribution >= 0.6 is 0 Å². The van der Waals surface area contributed by atoms with Crippen molar-refractivity contribution in [1.29, 1.82) is 0 Å². The van der Waals surface area contributed by atoms with E-state index in [4.69, 9.17) is 9.97 Å². The molecule has 0 N–H and O–H groups in total. The van der Waals surface area contributed by atoms with Crippen molar-refractivity contribution in [3.63, 3.8) is 0 Å². The highest BCUT2D eigenvalue weighted by atomic mass is 15.2. The summed E-state index contributed by atoms with van der Waals surface area (Å²) in [5.74, 6) is 1.67. The molecule has 0 atom stereocenters. The van der Waals surface area contributed by atoms with Crippen molar-refractivity contribution in [2.24, 2.45) is 0 Å². The third kappa shape index (κ3) is 8.77. The quantitative estimate of drug-likeness (QED) is 0.115. The zero-order chi connectivity index (χ0) is 55.4. The van der Waals surface area contributed by atoms with Crippen molar-refractivity contribution < 1.29 is 0 Å². The average Bonchev–Trinajstić information content (AvgIpc) is 3.48. The number of benzene rings is 10. The molecule has 0 fully saturated rings. The second-order valence-corrected chi connectivity index (χ2v) is 22.3. The molecule has 0 aliphatic heterocycles. The van der Waals surface area contributed by atoms with Gasteiger partial charge in [-0.1, -0.05) is 161 Å². The fourth-order valence-electron chi connectivity index (χ4n) is 12.6. The summed E-state index contributed by atoms with van der Waals surface area (Å²) in [6.07, 6.45) is 3.71. The van der Waals surface area contributed by atoms with E-state index in [0.29, 0.717) is 0 Å². The van der Waals surface area contributed by atoms with Crippen LogP contribution in [-0.2, 0) is 10.8 Å². The van der Waals surface area contributed by atoms with Crippen molar-refractivity contribution in [2.45, 2.75) is 38.5 Å². The van der Waals surface area contributed by atoms with E-state index in [9.17, 15) is 0 Å². The van der Waals surface area contributed by atoms with Crippen LogP contribution in [0.3, 0.4) is 0 Å². The fraction of sp³-hybridized carbons (Fsp3) is 0.0789. The van der Waals surface area contributed by atoms with E-state index >= 15 is 0 Å². The molecular weight excluding hydrogens is 997 g/mol. The lowest BCUT2D eigenvalue weighted by Gasteiger charge is -2.29. The van der Waals surface area contributed by atoms with Gasteiger partial charge in [0.15, 0.2) is 0 Å². The minimum Gasteiger partial charge on any atom is -0.310 e. The zero-order valence-electron chi connectivity index (χ0n) is 46.4. The van der Waals surface area contributed by atoms with Crippen LogP contribution in [0.2, 0.25) is 0 Å². The number of hydrogen-bond acceptors (Lipinski definition) is 6. The van der Waals surface area contributed by atoms with Crippen LogP contribution in [0.5, 0.6) is 0 Å². The van der Waals surface area contributed by atoms with Gasteiger partial charge in [-0.25, -0.2) is 9.97 Å². The number of rotatable bonds is 13. The van der Waals surface area contributed by atoms with Crippen LogP contribution in [-0.4, -0.2) is 9.97 Å². The number of para-hydroxylation sites is 2. The van der Waals surface area contributed by atoms with E-state index in [1.165, 1.54) is 44.5 Å². The summed E-state index contributed by atoms with van der Waals surface area (Å²) in [5, 5.41) is 0. The molecule has 2 heterocycles. The Morgan fingerprint density at radius 1 is 0.232 bits per heavy atom. The fourth-order valence-corrected chi connectivity index (χ4v) is 12.6. The normalized spacial score (nSPS) is 13.1. The SMILES string of the molecule is CC1(C)c2ccccc2-c2ccc(N(c3ccccc3)c3ccc(N(c4ccc(-c5ccc(N(c6ccc(N(c7ccccc7)c7ccc8c(c7)C(C)(C)c7ccccc7-8)cc6)c6ccccn6)cc5)cc4)c4ccccn4)cc3)cc21. The Labute approximate surface area is 481 Å². The number of anilines is 12. The van der Waals surface area contributed by atoms with Gasteiger partial charge in [0.25, 0.3) is 0 Å². The Morgan fingerprint density at radius 3 is 0.866 bits per heavy atom. The van der Waals surface area contributed by atoms with Crippen molar-refractivity contribution in [3.05, 3.63) is 314 Å². The van der Waals surface area contributed by atoms with E-state index < -0.39 is 0 Å². The van der Waals surface area contributed by atoms with Gasteiger partial charge < -0.3 is 9.80 Å². The lowest BCUT2D eigenvalue weighted by molar-refractivity contribution is 0.660. The van der Waals surface area contributed by atoms with Gasteiger partial charge in [0, 0.05) is 80.1 Å². The molecule has 0 amide bonds. The molecule has 0 radical (unpaired) electrons. The van der Waals surface area contributed by atoms with Gasteiger partial charge in [0.2, 0.25) is 0 Å². The number of aromatic nitrogens is 2. The Bertz CT molecular complexity index is 3960. The Morgan fingerprint density at radius 2 is 0.512 bits per heavy atom. The van der Waals surface area contributed by atoms with Gasteiger partial charge in [-0.15, -0.1) is 0 Å². The van der Waals surface area contributed by atoms with E-state index in [1.807, 2.05) is 36.7 Å². The molecule has 6 heteroatoms. The van der Waals surface area contributed by atoms with Gasteiger partial charge in [-0.05, 0) is 201 Å². The van der Waals surface area contributed by atoms with Crippen LogP contribution in [0.1, 0.15) is 49.9 Å². The van der Waals surface area contributed by atoms with Gasteiger partial charge in [0.05, 0.1) is 0 Å². The standard InChI is InChI=1S/C76H60N6/c1-75(2)69-25-13-11-23-65(69)67-47-45-63(51-71(67)75)79(55-19-7-5-8-20-55)57-37-41-61(42-38-57)81(73-27-15-17-49-77-73)59-33-29-53(30-34-59)54-31-35-60(36-32-54)82(74-28-16-18-50-78-74)62-43-39-58(40-44-62)80(56-21-9-6-10-22-56)64-46-48-68-66-24-12-14-26-70(66)76(3,4)72(68)52-64/h5-52H,1-4H3. The van der Waals surface area contributed by atoms with Crippen molar-refractivity contribution >= 4 is 68.5 Å². The predicted octanol–water partition coefficient (Wildman–Crippen LogP) is 20.6. The van der Waals surface area contributed by atoms with Crippen molar-refractivity contribution in [3.8, 4) is 33.4 Å². The molecule has 12 aromatic rings. The number of nitrogens with zero attached hydrogens (tertiary/aromatic N) is 6. The molecule has 0 unspecified atom stereocenters. The van der Waals surface area contributed by atoms with E-state index in [-0.39, 0.29) is 10.8 Å². The molecule has 0 spiro atoms. The molecule has 2 aliphatic carbocycles. The average molecular weight is 1060 g/mol. The molecule has 0 saturated heterocycles. The zero-order valence-corrected chi connectivity index (χ0v) is 46.4. The first-order valence-electron chi connectivity index (χ1n) is 28.2. The first-order chi connectivity index (χ1) is 40.2. The molecule has 6 nitrogen and oxygen atoms in total. The highest BCUT2D eigenvalue weighted by Crippen LogP contribution is 2.53. The van der Waals surface area contributed by atoms with Gasteiger partial charge in [-0.3, -0.25) is 9.80 Å². The van der Waals surface area contributed by atoms with E-state index in [1.54, 1.807) is 0 Å². The Kier molecular flexibility index (Phi) is 12.4. The van der Waals surface area contributed by atoms with Crippen molar-refractivity contribution in [2.75, 3.05) is 19.6 Å². The molecular formula is C76H60N6. The second kappa shape index (κ2) is 20.4. The maximum absolute atomic E-state index is 4.87. The highest BCUT2D eigenvalue weighted by molar-refractivity contribution is 5.89. The van der Waals surface area contributed by atoms with Crippen LogP contribution in [0, 0.1) is 0 Å². The molecule has 0 bridgehead atoms. The van der Waals surface area contributed by atoms with Gasteiger partial charge in [0.1, 0.15) is 11.6 Å². The summed E-state index contributed by atoms with van der Waals surface area (Å²) in [6.45, 7) is 9.36. The molecule has 2 aliphatic rings. The van der Waals surface area contributed by atoms with Crippen molar-refractivity contribution in [1.82, 2.24) is 9.97 Å². The maximum atomic E-state index is 4.87. The topological polar surface area (TPSA) is 38.7 Å². The number of hydrogen-bond donors (Lipinski definition) is 0. The van der Waals surface area contributed by atoms with Crippen LogP contribution < -0.4 is 19.6 Å². The molecule has 0 saturated carbocycles. The third-order valence-electron chi connectivity index (χ3n) is 16.8. The summed E-state index contributed by atoms with van der Waals surface area (Å²) < 4.78 is 0. The number of fused-ring (bicyclic) bond motifs is 6. The first kappa shape index (κ1) is 50.0. The molecule has 10 aromatic carbocycles. The molecule has 14 rings (SSSR count). The summed E-state index contributed by atoms with van der Waals surface area (Å²) in [6, 6.07) is 100. The summed E-state index contributed by atoms with van der Waals surface area (Å²) in [7, 11) is 0. The van der Waals surface area contributed by atoms with E-state index in [0.717, 1.165) is 79.6 Å². The summed E-state index contributed by atoms with van der Waals surface area (Å²) in [4.78, 5) is 18.9. The van der Waals surface area contributed by atoms with Gasteiger partial charge >= 0.3 is 0 Å². The Balaban J connectivity index is 0.750. The minimum atomic E-state index is -0.115. The third-order valence-corrected chi connectivity index (χ3v) is 16.8. The van der Waals surface area contributed by atoms with Crippen LogP contribution in [0.25, 0.3) is 33.4 Å². The summed E-state index contributed by atoms with van der Waals surface area (Å²) >= 11 is 0. The molecule has 394 valence electrons. The highest BCUT2D eigenvalue weighted by Gasteiger charge is 2.37. The predicted molar refractivity (Wildman–Crippen MR) is 341 cm³/mol. The lowest BCUT2D eigenvalue weighted by Crippen LogP contribution is -2.16. The molecule has 2 aromatic heterocycles. The van der Waals surface area contributed by atoms with E-state index in [2.05, 4.69) is 302 Å². The Hall–Kier alpha value is -10.3. The largest absolute Gasteiger partial charge is 0.310 e. The maximum Gasteiger partial charge on any atom is 0.137 e. The first-order valence-corrected chi connectivity index (χ1v) is 28.2. The monoisotopic (exact) mass is 1060 g/mol. The van der Waals surface area contributed by atoms with Crippen LogP contribution in [0.4, 0.5) is 68.5 Å².